The number of nitrogens with two attached hydrogens (primary N) is 1. The number of nitrogens with zero attached hydrogens (tertiary/aromatic N) is 3. The molecule has 25 heavy (non-hydrogen) atoms. The number of hydrogen-bond acceptors (Lipinski definition) is 5. The van der Waals surface area contributed by atoms with E-state index in [2.05, 4.69) is 20.5 Å². The number of aromatic amines is 1. The van der Waals surface area contributed by atoms with Crippen LogP contribution in [-0.4, -0.2) is 25.7 Å². The zero-order valence-electron chi connectivity index (χ0n) is 13.7. The van der Waals surface area contributed by atoms with E-state index >= 15 is 0 Å². The Labute approximate surface area is 143 Å². The van der Waals surface area contributed by atoms with Gasteiger partial charge in [-0.2, -0.15) is 5.10 Å². The Morgan fingerprint density at radius 3 is 2.68 bits per heavy atom. The van der Waals surface area contributed by atoms with E-state index < -0.39 is 0 Å². The third kappa shape index (κ3) is 3.99. The van der Waals surface area contributed by atoms with Gasteiger partial charge in [0.1, 0.15) is 12.4 Å². The van der Waals surface area contributed by atoms with Crippen LogP contribution in [0.2, 0.25) is 0 Å². The molecule has 2 heterocycles. The molecule has 2 aromatic heterocycles. The number of rotatable bonds is 5. The molecule has 1 aromatic carbocycles. The van der Waals surface area contributed by atoms with Crippen LogP contribution in [0.5, 0.6) is 0 Å². The zero-order valence-corrected chi connectivity index (χ0v) is 13.7. The van der Waals surface area contributed by atoms with Crippen LogP contribution in [0, 0.1) is 6.92 Å². The number of carbonyl (C=O) groups excluding carboxylic acids is 1. The van der Waals surface area contributed by atoms with Gasteiger partial charge in [0, 0.05) is 23.5 Å². The topological polar surface area (TPSA) is 119 Å². The maximum atomic E-state index is 12.1. The van der Waals surface area contributed by atoms with Gasteiger partial charge in [-0.1, -0.05) is 6.07 Å². The van der Waals surface area contributed by atoms with Crippen molar-refractivity contribution in [1.82, 2.24) is 19.7 Å². The molecule has 0 bridgehead atoms. The first kappa shape index (κ1) is 16.6. The first-order valence-corrected chi connectivity index (χ1v) is 7.74. The van der Waals surface area contributed by atoms with Crippen LogP contribution in [0.15, 0.2) is 47.4 Å². The van der Waals surface area contributed by atoms with Crippen molar-refractivity contribution in [1.29, 1.82) is 0 Å². The maximum absolute atomic E-state index is 12.1. The number of anilines is 1. The van der Waals surface area contributed by atoms with E-state index in [-0.39, 0.29) is 18.0 Å². The molecule has 0 saturated carbocycles. The SMILES string of the molecule is Cc1ccc(=O)n(CC(=O)Nc2ccc(-c3n[nH]c(CN)n3)cc2)c1. The average Bonchev–Trinajstić information content (AvgIpc) is 3.08. The molecule has 0 aliphatic rings. The van der Waals surface area contributed by atoms with E-state index in [0.29, 0.717) is 23.9 Å². The molecule has 0 aliphatic carbocycles. The molecule has 1 amide bonds. The van der Waals surface area contributed by atoms with Gasteiger partial charge in [-0.3, -0.25) is 14.7 Å². The van der Waals surface area contributed by atoms with Gasteiger partial charge in [0.15, 0.2) is 5.82 Å². The third-order valence-corrected chi connectivity index (χ3v) is 3.60. The number of aromatic nitrogens is 4. The summed E-state index contributed by atoms with van der Waals surface area (Å²) in [6.07, 6.45) is 1.66. The average molecular weight is 338 g/mol. The summed E-state index contributed by atoms with van der Waals surface area (Å²) >= 11 is 0. The molecule has 8 heteroatoms. The van der Waals surface area contributed by atoms with Crippen LogP contribution in [-0.2, 0) is 17.9 Å². The predicted octanol–water partition coefficient (Wildman–Crippen LogP) is 1.04. The smallest absolute Gasteiger partial charge is 0.251 e. The number of nitrogens with one attached hydrogen (secondary N) is 2. The summed E-state index contributed by atoms with van der Waals surface area (Å²) in [6, 6.07) is 10.3. The zero-order chi connectivity index (χ0) is 17.8. The van der Waals surface area contributed by atoms with Gasteiger partial charge in [-0.25, -0.2) is 4.98 Å². The van der Waals surface area contributed by atoms with Crippen molar-refractivity contribution < 1.29 is 4.79 Å². The molecule has 0 spiro atoms. The second kappa shape index (κ2) is 7.10. The normalized spacial score (nSPS) is 10.6. The first-order chi connectivity index (χ1) is 12.0. The lowest BCUT2D eigenvalue weighted by molar-refractivity contribution is -0.116. The van der Waals surface area contributed by atoms with Crippen molar-refractivity contribution >= 4 is 11.6 Å². The monoisotopic (exact) mass is 338 g/mol. The number of hydrogen-bond donors (Lipinski definition) is 3. The summed E-state index contributed by atoms with van der Waals surface area (Å²) in [5.74, 6) is 0.879. The summed E-state index contributed by atoms with van der Waals surface area (Å²) in [6.45, 7) is 2.12. The van der Waals surface area contributed by atoms with Gasteiger partial charge < -0.3 is 15.6 Å². The van der Waals surface area contributed by atoms with E-state index in [1.807, 2.05) is 6.92 Å². The summed E-state index contributed by atoms with van der Waals surface area (Å²) in [4.78, 5) is 28.1. The molecule has 4 N–H and O–H groups in total. The fraction of sp³-hybridized carbons (Fsp3) is 0.176. The number of aryl methyl sites for hydroxylation is 1. The second-order valence-electron chi connectivity index (χ2n) is 5.61. The fourth-order valence-corrected chi connectivity index (χ4v) is 2.35. The van der Waals surface area contributed by atoms with E-state index in [1.165, 1.54) is 10.6 Å². The standard InChI is InChI=1S/C17H18N6O2/c1-11-2-7-16(25)23(9-11)10-15(24)19-13-5-3-12(4-6-13)17-20-14(8-18)21-22-17/h2-7,9H,8,10,18H2,1H3,(H,19,24)(H,20,21,22). The fourth-order valence-electron chi connectivity index (χ4n) is 2.35. The summed E-state index contributed by atoms with van der Waals surface area (Å²) < 4.78 is 1.38. The number of pyridine rings is 1. The quantitative estimate of drug-likeness (QED) is 0.642. The molecular weight excluding hydrogens is 320 g/mol. The van der Waals surface area contributed by atoms with Gasteiger partial charge in [0.05, 0.1) is 6.54 Å². The van der Waals surface area contributed by atoms with Gasteiger partial charge in [0.25, 0.3) is 5.56 Å². The maximum Gasteiger partial charge on any atom is 0.251 e. The molecule has 0 aliphatic heterocycles. The van der Waals surface area contributed by atoms with Gasteiger partial charge >= 0.3 is 0 Å². The molecule has 0 radical (unpaired) electrons. The largest absolute Gasteiger partial charge is 0.325 e. The van der Waals surface area contributed by atoms with Gasteiger partial charge in [-0.05, 0) is 36.8 Å². The Hall–Kier alpha value is -3.26. The van der Waals surface area contributed by atoms with E-state index in [4.69, 9.17) is 5.73 Å². The Morgan fingerprint density at radius 1 is 1.24 bits per heavy atom. The molecule has 0 atom stereocenters. The molecular formula is C17H18N6O2. The third-order valence-electron chi connectivity index (χ3n) is 3.60. The minimum absolute atomic E-state index is 0.0386. The molecule has 0 fully saturated rings. The Morgan fingerprint density at radius 2 is 2.00 bits per heavy atom. The van der Waals surface area contributed by atoms with E-state index in [1.54, 1.807) is 36.5 Å². The van der Waals surface area contributed by atoms with Crippen molar-refractivity contribution in [2.75, 3.05) is 5.32 Å². The van der Waals surface area contributed by atoms with E-state index in [9.17, 15) is 9.59 Å². The van der Waals surface area contributed by atoms with Gasteiger partial charge in [0.2, 0.25) is 5.91 Å². The van der Waals surface area contributed by atoms with Crippen LogP contribution in [0.1, 0.15) is 11.4 Å². The minimum atomic E-state index is -0.274. The molecule has 3 rings (SSSR count). The second-order valence-corrected chi connectivity index (χ2v) is 5.61. The Kier molecular flexibility index (Phi) is 4.71. The van der Waals surface area contributed by atoms with E-state index in [0.717, 1.165) is 11.1 Å². The Balaban J connectivity index is 1.67. The highest BCUT2D eigenvalue weighted by Crippen LogP contribution is 2.17. The number of amides is 1. The molecule has 8 nitrogen and oxygen atoms in total. The van der Waals surface area contributed by atoms with Crippen LogP contribution >= 0.6 is 0 Å². The van der Waals surface area contributed by atoms with Crippen LogP contribution < -0.4 is 16.6 Å². The highest BCUT2D eigenvalue weighted by Gasteiger charge is 2.08. The number of benzene rings is 1. The van der Waals surface area contributed by atoms with Crippen molar-refractivity contribution in [3.05, 3.63) is 64.3 Å². The molecule has 0 unspecified atom stereocenters. The van der Waals surface area contributed by atoms with Crippen molar-refractivity contribution in [3.63, 3.8) is 0 Å². The molecule has 128 valence electrons. The lowest BCUT2D eigenvalue weighted by Crippen LogP contribution is -2.26. The first-order valence-electron chi connectivity index (χ1n) is 7.74. The van der Waals surface area contributed by atoms with Crippen molar-refractivity contribution in [2.24, 2.45) is 5.73 Å². The van der Waals surface area contributed by atoms with Crippen LogP contribution in [0.4, 0.5) is 5.69 Å². The predicted molar refractivity (Wildman–Crippen MR) is 93.8 cm³/mol. The number of H-pyrrole nitrogens is 1. The molecule has 0 saturated heterocycles. The van der Waals surface area contributed by atoms with Crippen LogP contribution in [0.25, 0.3) is 11.4 Å². The lowest BCUT2D eigenvalue weighted by atomic mass is 10.2. The molecule has 3 aromatic rings. The summed E-state index contributed by atoms with van der Waals surface area (Å²) in [5, 5.41) is 9.59. The van der Waals surface area contributed by atoms with Crippen LogP contribution in [0.3, 0.4) is 0 Å². The Bertz CT molecular complexity index is 942. The lowest BCUT2D eigenvalue weighted by Gasteiger charge is -2.08. The highest BCUT2D eigenvalue weighted by molar-refractivity contribution is 5.90. The van der Waals surface area contributed by atoms with Gasteiger partial charge in [-0.15, -0.1) is 0 Å². The highest BCUT2D eigenvalue weighted by atomic mass is 16.2. The minimum Gasteiger partial charge on any atom is -0.325 e. The summed E-state index contributed by atoms with van der Waals surface area (Å²) in [7, 11) is 0. The van der Waals surface area contributed by atoms with Crippen molar-refractivity contribution in [2.45, 2.75) is 20.0 Å². The number of carbonyl (C=O) groups is 1. The van der Waals surface area contributed by atoms with Crippen molar-refractivity contribution in [3.8, 4) is 11.4 Å². The summed E-state index contributed by atoms with van der Waals surface area (Å²) in [5.41, 5.74) is 7.64.